The van der Waals surface area contributed by atoms with E-state index >= 15 is 0 Å². The highest BCUT2D eigenvalue weighted by molar-refractivity contribution is 7.16. The van der Waals surface area contributed by atoms with Gasteiger partial charge in [-0.05, 0) is 42.8 Å². The number of halogens is 1. The molecule has 24 heavy (non-hydrogen) atoms. The van der Waals surface area contributed by atoms with Crippen LogP contribution in [0.15, 0.2) is 47.5 Å². The summed E-state index contributed by atoms with van der Waals surface area (Å²) in [5, 5.41) is 3.26. The van der Waals surface area contributed by atoms with Crippen molar-refractivity contribution in [1.29, 1.82) is 0 Å². The third kappa shape index (κ3) is 3.51. The number of anilines is 1. The molecule has 2 aromatic carbocycles. The molecule has 0 aliphatic carbocycles. The smallest absolute Gasteiger partial charge is 0.306 e. The van der Waals surface area contributed by atoms with Crippen LogP contribution in [-0.2, 0) is 6.54 Å². The first-order chi connectivity index (χ1) is 11.6. The lowest BCUT2D eigenvalue weighted by atomic mass is 10.2. The fourth-order valence-electron chi connectivity index (χ4n) is 2.31. The van der Waals surface area contributed by atoms with Crippen molar-refractivity contribution in [3.05, 3.63) is 57.9 Å². The SMILES string of the molecule is C#CCn1c(=NC(=O)Nc2cccc(Cl)c2)sc2cc(C)ccc21. The molecule has 4 nitrogen and oxygen atoms in total. The Bertz CT molecular complexity index is 1030. The highest BCUT2D eigenvalue weighted by atomic mass is 35.5. The number of urea groups is 1. The molecule has 0 atom stereocenters. The molecule has 0 saturated carbocycles. The highest BCUT2D eigenvalue weighted by Crippen LogP contribution is 2.19. The summed E-state index contributed by atoms with van der Waals surface area (Å²) in [6.45, 7) is 2.37. The summed E-state index contributed by atoms with van der Waals surface area (Å²) in [7, 11) is 0. The Morgan fingerprint density at radius 3 is 2.96 bits per heavy atom. The van der Waals surface area contributed by atoms with Crippen molar-refractivity contribution >= 4 is 44.9 Å². The van der Waals surface area contributed by atoms with E-state index in [1.165, 1.54) is 11.3 Å². The second-order valence-electron chi connectivity index (χ2n) is 5.20. The highest BCUT2D eigenvalue weighted by Gasteiger charge is 2.08. The molecule has 0 saturated heterocycles. The summed E-state index contributed by atoms with van der Waals surface area (Å²) in [6.07, 6.45) is 5.46. The van der Waals surface area contributed by atoms with Crippen molar-refractivity contribution < 1.29 is 4.79 Å². The Kier molecular flexibility index (Phi) is 4.70. The number of amides is 2. The van der Waals surface area contributed by atoms with E-state index in [1.54, 1.807) is 24.3 Å². The van der Waals surface area contributed by atoms with Gasteiger partial charge in [0.2, 0.25) is 0 Å². The number of carbonyl (C=O) groups is 1. The zero-order valence-electron chi connectivity index (χ0n) is 12.9. The molecule has 120 valence electrons. The minimum atomic E-state index is -0.466. The van der Waals surface area contributed by atoms with E-state index in [2.05, 4.69) is 22.3 Å². The van der Waals surface area contributed by atoms with Crippen molar-refractivity contribution in [3.8, 4) is 12.3 Å². The average Bonchev–Trinajstić information content (AvgIpc) is 2.84. The monoisotopic (exact) mass is 355 g/mol. The fraction of sp³-hybridized carbons (Fsp3) is 0.111. The molecular formula is C18H14ClN3OS. The molecule has 0 bridgehead atoms. The van der Waals surface area contributed by atoms with Gasteiger partial charge in [-0.3, -0.25) is 0 Å². The molecule has 1 aromatic heterocycles. The molecule has 0 aliphatic rings. The Morgan fingerprint density at radius 1 is 1.38 bits per heavy atom. The molecule has 0 fully saturated rings. The largest absolute Gasteiger partial charge is 0.348 e. The maximum absolute atomic E-state index is 12.2. The number of nitrogens with one attached hydrogen (secondary N) is 1. The number of aryl methyl sites for hydroxylation is 1. The van der Waals surface area contributed by atoms with Crippen molar-refractivity contribution in [2.45, 2.75) is 13.5 Å². The van der Waals surface area contributed by atoms with Crippen LogP contribution in [0.1, 0.15) is 5.56 Å². The van der Waals surface area contributed by atoms with Gasteiger partial charge in [0.05, 0.1) is 16.8 Å². The number of terminal acetylenes is 1. The number of rotatable bonds is 2. The Morgan fingerprint density at radius 2 is 2.21 bits per heavy atom. The van der Waals surface area contributed by atoms with Crippen molar-refractivity contribution in [3.63, 3.8) is 0 Å². The van der Waals surface area contributed by atoms with Gasteiger partial charge in [0, 0.05) is 10.7 Å². The second kappa shape index (κ2) is 6.91. The van der Waals surface area contributed by atoms with Crippen LogP contribution in [0.4, 0.5) is 10.5 Å². The van der Waals surface area contributed by atoms with Gasteiger partial charge >= 0.3 is 6.03 Å². The topological polar surface area (TPSA) is 46.4 Å². The molecule has 1 heterocycles. The van der Waals surface area contributed by atoms with E-state index in [0.717, 1.165) is 15.8 Å². The van der Waals surface area contributed by atoms with Gasteiger partial charge in [-0.2, -0.15) is 4.99 Å². The normalized spacial score (nSPS) is 11.5. The quantitative estimate of drug-likeness (QED) is 0.679. The third-order valence-electron chi connectivity index (χ3n) is 3.36. The molecule has 1 N–H and O–H groups in total. The van der Waals surface area contributed by atoms with E-state index in [4.69, 9.17) is 18.0 Å². The first kappa shape index (κ1) is 16.3. The van der Waals surface area contributed by atoms with Crippen LogP contribution in [0, 0.1) is 19.3 Å². The van der Waals surface area contributed by atoms with Crippen molar-refractivity contribution in [2.75, 3.05) is 5.32 Å². The minimum Gasteiger partial charge on any atom is -0.306 e. The van der Waals surface area contributed by atoms with Gasteiger partial charge in [0.15, 0.2) is 4.80 Å². The number of hydrogen-bond acceptors (Lipinski definition) is 2. The predicted molar refractivity (Wildman–Crippen MR) is 99.4 cm³/mol. The number of carbonyl (C=O) groups excluding carboxylic acids is 1. The Hall–Kier alpha value is -2.55. The van der Waals surface area contributed by atoms with Crippen LogP contribution < -0.4 is 10.1 Å². The maximum atomic E-state index is 12.2. The van der Waals surface area contributed by atoms with Crippen LogP contribution >= 0.6 is 22.9 Å². The first-order valence-corrected chi connectivity index (χ1v) is 8.41. The van der Waals surface area contributed by atoms with Gasteiger partial charge in [-0.15, -0.1) is 6.42 Å². The zero-order valence-corrected chi connectivity index (χ0v) is 14.5. The molecule has 0 aliphatic heterocycles. The summed E-state index contributed by atoms with van der Waals surface area (Å²) in [5.74, 6) is 2.61. The van der Waals surface area contributed by atoms with E-state index in [0.29, 0.717) is 22.1 Å². The summed E-state index contributed by atoms with van der Waals surface area (Å²) < 4.78 is 2.90. The molecule has 6 heteroatoms. The lowest BCUT2D eigenvalue weighted by molar-refractivity contribution is 0.259. The summed E-state index contributed by atoms with van der Waals surface area (Å²) in [4.78, 5) is 16.9. The standard InChI is InChI=1S/C18H14ClN3OS/c1-3-9-22-15-8-7-12(2)10-16(15)24-18(22)21-17(23)20-14-6-4-5-13(19)11-14/h1,4-8,10-11H,9H2,2H3,(H,20,23). The Balaban J connectivity index is 2.01. The zero-order chi connectivity index (χ0) is 17.1. The lowest BCUT2D eigenvalue weighted by Gasteiger charge is -2.02. The predicted octanol–water partition coefficient (Wildman–Crippen LogP) is 4.43. The van der Waals surface area contributed by atoms with Crippen LogP contribution in [0.25, 0.3) is 10.2 Å². The molecule has 0 spiro atoms. The van der Waals surface area contributed by atoms with E-state index in [1.807, 2.05) is 23.6 Å². The fourth-order valence-corrected chi connectivity index (χ4v) is 3.63. The van der Waals surface area contributed by atoms with Gasteiger partial charge in [-0.25, -0.2) is 4.79 Å². The number of hydrogen-bond donors (Lipinski definition) is 1. The van der Waals surface area contributed by atoms with E-state index < -0.39 is 6.03 Å². The molecule has 3 rings (SSSR count). The molecule has 2 amide bonds. The van der Waals surface area contributed by atoms with Gasteiger partial charge in [0.1, 0.15) is 0 Å². The van der Waals surface area contributed by atoms with Crippen molar-refractivity contribution in [2.24, 2.45) is 4.99 Å². The van der Waals surface area contributed by atoms with Crippen molar-refractivity contribution in [1.82, 2.24) is 4.57 Å². The average molecular weight is 356 g/mol. The van der Waals surface area contributed by atoms with Crippen LogP contribution in [0.3, 0.4) is 0 Å². The second-order valence-corrected chi connectivity index (χ2v) is 6.64. The first-order valence-electron chi connectivity index (χ1n) is 7.21. The third-order valence-corrected chi connectivity index (χ3v) is 4.64. The van der Waals surface area contributed by atoms with E-state index in [9.17, 15) is 4.79 Å². The lowest BCUT2D eigenvalue weighted by Crippen LogP contribution is -2.18. The molecule has 3 aromatic rings. The van der Waals surface area contributed by atoms with E-state index in [-0.39, 0.29) is 0 Å². The summed E-state index contributed by atoms with van der Waals surface area (Å²) in [6, 6.07) is 12.5. The summed E-state index contributed by atoms with van der Waals surface area (Å²) >= 11 is 7.35. The number of fused-ring (bicyclic) bond motifs is 1. The molecule has 0 unspecified atom stereocenters. The molecule has 0 radical (unpaired) electrons. The molecular weight excluding hydrogens is 342 g/mol. The number of thiazole rings is 1. The van der Waals surface area contributed by atoms with Crippen LogP contribution in [0.5, 0.6) is 0 Å². The number of benzene rings is 2. The number of aromatic nitrogens is 1. The van der Waals surface area contributed by atoms with Crippen LogP contribution in [-0.4, -0.2) is 10.6 Å². The maximum Gasteiger partial charge on any atom is 0.348 e. The van der Waals surface area contributed by atoms with Gasteiger partial charge in [-0.1, -0.05) is 41.0 Å². The summed E-state index contributed by atoms with van der Waals surface area (Å²) in [5.41, 5.74) is 2.71. The van der Waals surface area contributed by atoms with Crippen LogP contribution in [0.2, 0.25) is 5.02 Å². The number of nitrogens with zero attached hydrogens (tertiary/aromatic N) is 2. The Labute approximate surface area is 148 Å². The van der Waals surface area contributed by atoms with Gasteiger partial charge < -0.3 is 9.88 Å². The van der Waals surface area contributed by atoms with Gasteiger partial charge in [0.25, 0.3) is 0 Å². The minimum absolute atomic E-state index is 0.354.